The number of carbonyl (C=O) groups excluding carboxylic acids is 1. The van der Waals surface area contributed by atoms with Gasteiger partial charge in [-0.1, -0.05) is 18.2 Å². The third kappa shape index (κ3) is 3.68. The van der Waals surface area contributed by atoms with E-state index in [4.69, 9.17) is 4.74 Å². The number of hydrogen-bond acceptors (Lipinski definition) is 3. The maximum Gasteiger partial charge on any atom is 0.315 e. The molecule has 2 amide bonds. The molecular formula is C16H19FN4O2. The van der Waals surface area contributed by atoms with Crippen molar-refractivity contribution in [2.75, 3.05) is 6.61 Å². The normalized spacial score (nSPS) is 20.4. The fourth-order valence-corrected chi connectivity index (χ4v) is 2.69. The van der Waals surface area contributed by atoms with E-state index in [-0.39, 0.29) is 30.5 Å². The first-order valence-electron chi connectivity index (χ1n) is 7.51. The van der Waals surface area contributed by atoms with Crippen molar-refractivity contribution in [3.8, 4) is 0 Å². The first kappa shape index (κ1) is 15.5. The molecule has 2 N–H and O–H groups in total. The number of halogens is 1. The number of benzene rings is 1. The van der Waals surface area contributed by atoms with Gasteiger partial charge in [-0.3, -0.25) is 4.68 Å². The van der Waals surface area contributed by atoms with Crippen LogP contribution in [-0.4, -0.2) is 28.5 Å². The molecule has 0 spiro atoms. The molecule has 2 heterocycles. The Morgan fingerprint density at radius 1 is 1.48 bits per heavy atom. The minimum absolute atomic E-state index is 0.125. The number of nitrogens with one attached hydrogen (secondary N) is 2. The average molecular weight is 318 g/mol. The van der Waals surface area contributed by atoms with Crippen LogP contribution in [0.4, 0.5) is 9.18 Å². The second-order valence-corrected chi connectivity index (χ2v) is 5.55. The molecule has 0 saturated carbocycles. The highest BCUT2D eigenvalue weighted by Gasteiger charge is 2.31. The van der Waals surface area contributed by atoms with Gasteiger partial charge >= 0.3 is 6.03 Å². The molecule has 6 nitrogen and oxygen atoms in total. The zero-order chi connectivity index (χ0) is 16.2. The van der Waals surface area contributed by atoms with Crippen molar-refractivity contribution >= 4 is 6.03 Å². The van der Waals surface area contributed by atoms with Crippen LogP contribution in [0, 0.1) is 5.82 Å². The van der Waals surface area contributed by atoms with Gasteiger partial charge in [0, 0.05) is 37.5 Å². The molecule has 0 unspecified atom stereocenters. The van der Waals surface area contributed by atoms with Crippen molar-refractivity contribution in [1.82, 2.24) is 20.4 Å². The quantitative estimate of drug-likeness (QED) is 0.904. The lowest BCUT2D eigenvalue weighted by Gasteiger charge is -2.19. The van der Waals surface area contributed by atoms with Crippen LogP contribution >= 0.6 is 0 Å². The second kappa shape index (κ2) is 6.78. The summed E-state index contributed by atoms with van der Waals surface area (Å²) in [5.41, 5.74) is 1.39. The average Bonchev–Trinajstić information content (AvgIpc) is 3.15. The Bertz CT molecular complexity index is 688. The third-order valence-electron chi connectivity index (χ3n) is 3.86. The molecule has 122 valence electrons. The zero-order valence-electron chi connectivity index (χ0n) is 12.8. The Hall–Kier alpha value is -2.41. The molecule has 0 bridgehead atoms. The van der Waals surface area contributed by atoms with Crippen LogP contribution in [0.3, 0.4) is 0 Å². The summed E-state index contributed by atoms with van der Waals surface area (Å²) in [4.78, 5) is 12.0. The van der Waals surface area contributed by atoms with Crippen molar-refractivity contribution < 1.29 is 13.9 Å². The van der Waals surface area contributed by atoms with E-state index in [1.165, 1.54) is 6.07 Å². The van der Waals surface area contributed by atoms with Gasteiger partial charge in [-0.15, -0.1) is 0 Å². The van der Waals surface area contributed by atoms with Crippen LogP contribution in [0.15, 0.2) is 36.7 Å². The van der Waals surface area contributed by atoms with Crippen molar-refractivity contribution in [2.24, 2.45) is 7.05 Å². The molecular weight excluding hydrogens is 299 g/mol. The van der Waals surface area contributed by atoms with Crippen LogP contribution in [0.5, 0.6) is 0 Å². The fourth-order valence-electron chi connectivity index (χ4n) is 2.69. The Labute approximate surface area is 133 Å². The van der Waals surface area contributed by atoms with E-state index in [0.717, 1.165) is 12.0 Å². The van der Waals surface area contributed by atoms with Gasteiger partial charge in [-0.2, -0.15) is 5.10 Å². The molecule has 2 aromatic rings. The molecule has 1 saturated heterocycles. The second-order valence-electron chi connectivity index (χ2n) is 5.55. The summed E-state index contributed by atoms with van der Waals surface area (Å²) in [5.74, 6) is -0.328. The monoisotopic (exact) mass is 318 g/mol. The summed E-state index contributed by atoms with van der Waals surface area (Å²) in [6.45, 7) is 0.724. The largest absolute Gasteiger partial charge is 0.371 e. The topological polar surface area (TPSA) is 68.2 Å². The summed E-state index contributed by atoms with van der Waals surface area (Å²) >= 11 is 0. The van der Waals surface area contributed by atoms with Gasteiger partial charge in [0.15, 0.2) is 0 Å². The van der Waals surface area contributed by atoms with Crippen molar-refractivity contribution in [3.05, 3.63) is 53.6 Å². The number of hydrogen-bond donors (Lipinski definition) is 2. The standard InChI is InChI=1S/C16H19FN4O2/c1-21-10-12(9-19-21)15-14(6-7-23-15)20-16(22)18-8-11-4-2-3-5-13(11)17/h2-5,9-10,14-15H,6-8H2,1H3,(H2,18,20,22)/t14-,15+/m0/s1. The van der Waals surface area contributed by atoms with E-state index < -0.39 is 0 Å². The highest BCUT2D eigenvalue weighted by atomic mass is 19.1. The molecule has 23 heavy (non-hydrogen) atoms. The van der Waals surface area contributed by atoms with E-state index in [0.29, 0.717) is 12.2 Å². The smallest absolute Gasteiger partial charge is 0.315 e. The maximum absolute atomic E-state index is 13.5. The molecule has 7 heteroatoms. The zero-order valence-corrected chi connectivity index (χ0v) is 12.8. The fraction of sp³-hybridized carbons (Fsp3) is 0.375. The predicted molar refractivity (Wildman–Crippen MR) is 82.1 cm³/mol. The van der Waals surface area contributed by atoms with Crippen LogP contribution in [0.25, 0.3) is 0 Å². The molecule has 1 fully saturated rings. The molecule has 2 atom stereocenters. The van der Waals surface area contributed by atoms with E-state index in [2.05, 4.69) is 15.7 Å². The number of carbonyl (C=O) groups is 1. The van der Waals surface area contributed by atoms with Gasteiger partial charge in [-0.25, -0.2) is 9.18 Å². The number of ether oxygens (including phenoxy) is 1. The van der Waals surface area contributed by atoms with Crippen LogP contribution in [0.2, 0.25) is 0 Å². The number of nitrogens with zero attached hydrogens (tertiary/aromatic N) is 2. The van der Waals surface area contributed by atoms with Crippen LogP contribution in [-0.2, 0) is 18.3 Å². The Balaban J connectivity index is 1.56. The lowest BCUT2D eigenvalue weighted by molar-refractivity contribution is 0.0998. The highest BCUT2D eigenvalue weighted by molar-refractivity contribution is 5.74. The Morgan fingerprint density at radius 2 is 2.30 bits per heavy atom. The van der Waals surface area contributed by atoms with Gasteiger partial charge in [-0.05, 0) is 12.5 Å². The summed E-state index contributed by atoms with van der Waals surface area (Å²) in [5, 5.41) is 9.70. The SMILES string of the molecule is Cn1cc([C@H]2OCC[C@@H]2NC(=O)NCc2ccccc2F)cn1. The molecule has 1 aromatic carbocycles. The minimum atomic E-state index is -0.336. The molecule has 1 aliphatic rings. The van der Waals surface area contributed by atoms with Gasteiger partial charge in [0.05, 0.1) is 12.2 Å². The first-order chi connectivity index (χ1) is 11.1. The lowest BCUT2D eigenvalue weighted by atomic mass is 10.1. The molecule has 0 radical (unpaired) electrons. The summed E-state index contributed by atoms with van der Waals surface area (Å²) in [6, 6.07) is 5.91. The molecule has 3 rings (SSSR count). The maximum atomic E-state index is 13.5. The Kier molecular flexibility index (Phi) is 4.57. The first-order valence-corrected chi connectivity index (χ1v) is 7.51. The van der Waals surface area contributed by atoms with E-state index in [1.807, 2.05) is 13.2 Å². The van der Waals surface area contributed by atoms with Crippen molar-refractivity contribution in [2.45, 2.75) is 25.1 Å². The highest BCUT2D eigenvalue weighted by Crippen LogP contribution is 2.28. The number of amides is 2. The third-order valence-corrected chi connectivity index (χ3v) is 3.86. The van der Waals surface area contributed by atoms with Gasteiger partial charge in [0.2, 0.25) is 0 Å². The molecule has 1 aromatic heterocycles. The van der Waals surface area contributed by atoms with Crippen molar-refractivity contribution in [3.63, 3.8) is 0 Å². The molecule has 1 aliphatic heterocycles. The van der Waals surface area contributed by atoms with Crippen molar-refractivity contribution in [1.29, 1.82) is 0 Å². The summed E-state index contributed by atoms with van der Waals surface area (Å²) in [7, 11) is 1.84. The summed E-state index contributed by atoms with van der Waals surface area (Å²) < 4.78 is 20.9. The van der Waals surface area contributed by atoms with Gasteiger partial charge in [0.1, 0.15) is 11.9 Å². The van der Waals surface area contributed by atoms with E-state index in [9.17, 15) is 9.18 Å². The van der Waals surface area contributed by atoms with Gasteiger partial charge < -0.3 is 15.4 Å². The Morgan fingerprint density at radius 3 is 3.04 bits per heavy atom. The van der Waals surface area contributed by atoms with E-state index >= 15 is 0 Å². The predicted octanol–water partition coefficient (Wildman–Crippen LogP) is 1.89. The summed E-state index contributed by atoms with van der Waals surface area (Å²) in [6.07, 6.45) is 4.14. The number of aryl methyl sites for hydroxylation is 1. The lowest BCUT2D eigenvalue weighted by Crippen LogP contribution is -2.43. The minimum Gasteiger partial charge on any atom is -0.371 e. The number of urea groups is 1. The number of rotatable bonds is 4. The number of aromatic nitrogens is 2. The molecule has 0 aliphatic carbocycles. The van der Waals surface area contributed by atoms with Gasteiger partial charge in [0.25, 0.3) is 0 Å². The van der Waals surface area contributed by atoms with Crippen LogP contribution in [0.1, 0.15) is 23.7 Å². The van der Waals surface area contributed by atoms with E-state index in [1.54, 1.807) is 29.1 Å². The van der Waals surface area contributed by atoms with Crippen LogP contribution < -0.4 is 10.6 Å².